The Bertz CT molecular complexity index is 542. The second kappa shape index (κ2) is 4.18. The first-order valence-electron chi connectivity index (χ1n) is 4.85. The Kier molecular flexibility index (Phi) is 2.88. The molecule has 84 valence electrons. The Balaban J connectivity index is 2.66. The Labute approximate surface area is 97.9 Å². The topological polar surface area (TPSA) is 39.4 Å². The molecule has 0 aliphatic carbocycles. The third-order valence-corrected chi connectivity index (χ3v) is 2.75. The van der Waals surface area contributed by atoms with Crippen LogP contribution in [-0.4, -0.2) is 12.9 Å². The lowest BCUT2D eigenvalue weighted by Crippen LogP contribution is -2.00. The van der Waals surface area contributed by atoms with Gasteiger partial charge in [-0.05, 0) is 19.1 Å². The van der Waals surface area contributed by atoms with Gasteiger partial charge in [0.05, 0.1) is 18.4 Å². The number of hydrogen-bond donors (Lipinski definition) is 0. The van der Waals surface area contributed by atoms with Gasteiger partial charge in [-0.3, -0.25) is 4.79 Å². The molecule has 0 bridgehead atoms. The van der Waals surface area contributed by atoms with Crippen molar-refractivity contribution in [2.45, 2.75) is 13.3 Å². The molecule has 0 unspecified atom stereocenters. The summed E-state index contributed by atoms with van der Waals surface area (Å²) in [6, 6.07) is 3.57. The van der Waals surface area contributed by atoms with Gasteiger partial charge in [0, 0.05) is 17.4 Å². The Morgan fingerprint density at radius 2 is 2.31 bits per heavy atom. The van der Waals surface area contributed by atoms with Crippen molar-refractivity contribution in [3.05, 3.63) is 29.0 Å². The normalized spacial score (nSPS) is 10.7. The lowest BCUT2D eigenvalue weighted by molar-refractivity contribution is -0.116. The van der Waals surface area contributed by atoms with E-state index in [-0.39, 0.29) is 5.78 Å². The Morgan fingerprint density at radius 1 is 1.56 bits per heavy atom. The molecule has 3 nitrogen and oxygen atoms in total. The lowest BCUT2D eigenvalue weighted by Gasteiger charge is -2.09. The molecule has 1 heterocycles. The standard InChI is InChI=1S/C12H11ClO3/c1-7(14)5-8-6-10-9(3-4-16-10)11(13)12(8)15-2/h3-4,6H,5H2,1-2H3. The summed E-state index contributed by atoms with van der Waals surface area (Å²) in [5.41, 5.74) is 1.42. The van der Waals surface area contributed by atoms with Crippen molar-refractivity contribution in [1.82, 2.24) is 0 Å². The van der Waals surface area contributed by atoms with Crippen LogP contribution in [0, 0.1) is 0 Å². The molecule has 0 aliphatic heterocycles. The van der Waals surface area contributed by atoms with Crippen molar-refractivity contribution < 1.29 is 13.9 Å². The van der Waals surface area contributed by atoms with Gasteiger partial charge in [-0.25, -0.2) is 0 Å². The van der Waals surface area contributed by atoms with Crippen LogP contribution in [0.25, 0.3) is 11.0 Å². The number of fused-ring (bicyclic) bond motifs is 1. The fourth-order valence-corrected chi connectivity index (χ4v) is 2.08. The van der Waals surface area contributed by atoms with Gasteiger partial charge in [-0.1, -0.05) is 11.6 Å². The van der Waals surface area contributed by atoms with E-state index < -0.39 is 0 Å². The molecule has 2 aromatic rings. The molecule has 0 spiro atoms. The molecule has 0 fully saturated rings. The number of hydrogen-bond acceptors (Lipinski definition) is 3. The van der Waals surface area contributed by atoms with E-state index in [0.717, 1.165) is 10.9 Å². The monoisotopic (exact) mass is 238 g/mol. The molecule has 0 radical (unpaired) electrons. The van der Waals surface area contributed by atoms with Gasteiger partial charge in [-0.15, -0.1) is 0 Å². The fourth-order valence-electron chi connectivity index (χ4n) is 1.72. The van der Waals surface area contributed by atoms with Gasteiger partial charge >= 0.3 is 0 Å². The van der Waals surface area contributed by atoms with Gasteiger partial charge in [0.15, 0.2) is 0 Å². The minimum Gasteiger partial charge on any atom is -0.495 e. The van der Waals surface area contributed by atoms with Gasteiger partial charge in [-0.2, -0.15) is 0 Å². The fraction of sp³-hybridized carbons (Fsp3) is 0.250. The van der Waals surface area contributed by atoms with Crippen LogP contribution in [0.15, 0.2) is 22.8 Å². The maximum atomic E-state index is 11.1. The van der Waals surface area contributed by atoms with E-state index in [4.69, 9.17) is 20.8 Å². The zero-order chi connectivity index (χ0) is 11.7. The first-order valence-corrected chi connectivity index (χ1v) is 5.23. The molecule has 4 heteroatoms. The summed E-state index contributed by atoms with van der Waals surface area (Å²) in [6.45, 7) is 1.53. The average molecular weight is 239 g/mol. The lowest BCUT2D eigenvalue weighted by atomic mass is 10.1. The third-order valence-electron chi connectivity index (χ3n) is 2.37. The minimum atomic E-state index is 0.0558. The number of methoxy groups -OCH3 is 1. The van der Waals surface area contributed by atoms with Gasteiger partial charge in [0.25, 0.3) is 0 Å². The molecule has 1 aromatic heterocycles. The van der Waals surface area contributed by atoms with Crippen LogP contribution >= 0.6 is 11.6 Å². The quantitative estimate of drug-likeness (QED) is 0.824. The number of carbonyl (C=O) groups is 1. The minimum absolute atomic E-state index is 0.0558. The number of halogens is 1. The molecule has 0 amide bonds. The number of furan rings is 1. The van der Waals surface area contributed by atoms with Crippen LogP contribution in [0.4, 0.5) is 0 Å². The van der Waals surface area contributed by atoms with Gasteiger partial charge in [0.1, 0.15) is 17.1 Å². The first kappa shape index (κ1) is 11.0. The number of ether oxygens (including phenoxy) is 1. The molecule has 2 rings (SSSR count). The predicted molar refractivity (Wildman–Crippen MR) is 62.2 cm³/mol. The number of rotatable bonds is 3. The molecular weight excluding hydrogens is 228 g/mol. The SMILES string of the molecule is COc1c(CC(C)=O)cc2occc2c1Cl. The van der Waals surface area contributed by atoms with E-state index in [0.29, 0.717) is 22.8 Å². The average Bonchev–Trinajstić information content (AvgIpc) is 2.65. The predicted octanol–water partition coefficient (Wildman–Crippen LogP) is 3.23. The summed E-state index contributed by atoms with van der Waals surface area (Å²) >= 11 is 6.18. The van der Waals surface area contributed by atoms with Crippen molar-refractivity contribution in [1.29, 1.82) is 0 Å². The summed E-state index contributed by atoms with van der Waals surface area (Å²) in [5.74, 6) is 0.603. The number of Topliss-reactive ketones (excluding diaryl/α,β-unsaturated/α-hetero) is 1. The maximum absolute atomic E-state index is 11.1. The zero-order valence-electron chi connectivity index (χ0n) is 9.04. The summed E-state index contributed by atoms with van der Waals surface area (Å²) < 4.78 is 10.5. The first-order chi connectivity index (χ1) is 7.63. The van der Waals surface area contributed by atoms with E-state index in [9.17, 15) is 4.79 Å². The second-order valence-corrected chi connectivity index (χ2v) is 3.97. The second-order valence-electron chi connectivity index (χ2n) is 3.59. The van der Waals surface area contributed by atoms with Crippen molar-refractivity contribution in [2.75, 3.05) is 7.11 Å². The van der Waals surface area contributed by atoms with E-state index in [1.54, 1.807) is 18.4 Å². The Hall–Kier alpha value is -1.48. The van der Waals surface area contributed by atoms with E-state index in [1.807, 2.05) is 0 Å². The molecule has 1 aromatic carbocycles. The Morgan fingerprint density at radius 3 is 2.94 bits per heavy atom. The highest BCUT2D eigenvalue weighted by Crippen LogP contribution is 2.37. The van der Waals surface area contributed by atoms with Crippen LogP contribution < -0.4 is 4.74 Å². The zero-order valence-corrected chi connectivity index (χ0v) is 9.80. The molecule has 0 N–H and O–H groups in total. The molecule has 0 saturated heterocycles. The highest BCUT2D eigenvalue weighted by atomic mass is 35.5. The van der Waals surface area contributed by atoms with Crippen molar-refractivity contribution in [3.8, 4) is 5.75 Å². The van der Waals surface area contributed by atoms with E-state index in [2.05, 4.69) is 0 Å². The van der Waals surface area contributed by atoms with E-state index in [1.165, 1.54) is 14.0 Å². The highest BCUT2D eigenvalue weighted by molar-refractivity contribution is 6.37. The molecule has 0 atom stereocenters. The summed E-state index contributed by atoms with van der Waals surface area (Å²) in [4.78, 5) is 11.1. The molecule has 0 saturated carbocycles. The van der Waals surface area contributed by atoms with E-state index >= 15 is 0 Å². The van der Waals surface area contributed by atoms with Gasteiger partial charge < -0.3 is 9.15 Å². The molecular formula is C12H11ClO3. The number of ketones is 1. The number of benzene rings is 1. The summed E-state index contributed by atoms with van der Waals surface area (Å²) in [6.07, 6.45) is 1.85. The largest absolute Gasteiger partial charge is 0.495 e. The molecule has 0 aliphatic rings. The van der Waals surface area contributed by atoms with Crippen molar-refractivity contribution >= 4 is 28.4 Å². The van der Waals surface area contributed by atoms with Crippen LogP contribution in [0.1, 0.15) is 12.5 Å². The van der Waals surface area contributed by atoms with Gasteiger partial charge in [0.2, 0.25) is 0 Å². The van der Waals surface area contributed by atoms with Crippen LogP contribution in [0.3, 0.4) is 0 Å². The third kappa shape index (κ3) is 1.78. The summed E-state index contributed by atoms with van der Waals surface area (Å²) in [7, 11) is 1.54. The number of carbonyl (C=O) groups excluding carboxylic acids is 1. The summed E-state index contributed by atoms with van der Waals surface area (Å²) in [5, 5.41) is 1.29. The maximum Gasteiger partial charge on any atom is 0.141 e. The smallest absolute Gasteiger partial charge is 0.141 e. The van der Waals surface area contributed by atoms with Crippen molar-refractivity contribution in [3.63, 3.8) is 0 Å². The van der Waals surface area contributed by atoms with Crippen LogP contribution in [0.2, 0.25) is 5.02 Å². The van der Waals surface area contributed by atoms with Crippen LogP contribution in [-0.2, 0) is 11.2 Å². The molecule has 16 heavy (non-hydrogen) atoms. The highest BCUT2D eigenvalue weighted by Gasteiger charge is 2.15. The van der Waals surface area contributed by atoms with Crippen LogP contribution in [0.5, 0.6) is 5.75 Å². The van der Waals surface area contributed by atoms with Crippen molar-refractivity contribution in [2.24, 2.45) is 0 Å².